The van der Waals surface area contributed by atoms with Gasteiger partial charge in [0.1, 0.15) is 0 Å². The van der Waals surface area contributed by atoms with Gasteiger partial charge in [-0.15, -0.1) is 0 Å². The number of nitrogens with zero attached hydrogens (tertiary/aromatic N) is 1. The van der Waals surface area contributed by atoms with Crippen LogP contribution in [-0.2, 0) is 0 Å². The van der Waals surface area contributed by atoms with E-state index in [-0.39, 0.29) is 0 Å². The second kappa shape index (κ2) is 19.6. The van der Waals surface area contributed by atoms with E-state index in [1.165, 1.54) is 109 Å². The summed E-state index contributed by atoms with van der Waals surface area (Å²) < 4.78 is 35.4. The molecular formula is C21H46BrNO4. The molecule has 0 saturated carbocycles. The Morgan fingerprint density at radius 3 is 0.926 bits per heavy atom. The van der Waals surface area contributed by atoms with Crippen molar-refractivity contribution in [1.29, 1.82) is 0 Å². The lowest BCUT2D eigenvalue weighted by molar-refractivity contribution is -2.00. The van der Waals surface area contributed by atoms with Crippen LogP contribution in [0.25, 0.3) is 0 Å². The summed E-state index contributed by atoms with van der Waals surface area (Å²) in [5.74, 6) is 0. The molecule has 0 aliphatic carbocycles. The second-order valence-electron chi connectivity index (χ2n) is 8.70. The van der Waals surface area contributed by atoms with Crippen LogP contribution < -0.4 is 16.8 Å². The zero-order chi connectivity index (χ0) is 21.0. The van der Waals surface area contributed by atoms with Crippen molar-refractivity contribution >= 4 is 0 Å². The quantitative estimate of drug-likeness (QED) is 0.248. The summed E-state index contributed by atoms with van der Waals surface area (Å²) in [4.78, 5) is 0. The van der Waals surface area contributed by atoms with Gasteiger partial charge in [0.15, 0.2) is 0 Å². The van der Waals surface area contributed by atoms with E-state index in [0.717, 1.165) is 4.48 Å². The maximum atomic E-state index is 8.58. The Morgan fingerprint density at radius 1 is 0.481 bits per heavy atom. The number of rotatable bonds is 17. The van der Waals surface area contributed by atoms with Gasteiger partial charge < -0.3 is 4.48 Å². The van der Waals surface area contributed by atoms with Crippen LogP contribution in [0.4, 0.5) is 0 Å². The van der Waals surface area contributed by atoms with Gasteiger partial charge in [0, 0.05) is 0 Å². The summed E-state index contributed by atoms with van der Waals surface area (Å²) >= 11 is -5.62. The largest absolute Gasteiger partial charge is 0.331 e. The maximum Gasteiger partial charge on any atom is 0.0780 e. The predicted molar refractivity (Wildman–Crippen MR) is 102 cm³/mol. The molecule has 0 aliphatic heterocycles. The van der Waals surface area contributed by atoms with Crippen LogP contribution in [0.3, 0.4) is 0 Å². The second-order valence-corrected chi connectivity index (χ2v) is 10.3. The Kier molecular flexibility index (Phi) is 21.4. The Balaban J connectivity index is 0. The van der Waals surface area contributed by atoms with Crippen LogP contribution in [0.1, 0.15) is 110 Å². The molecule has 0 heterocycles. The van der Waals surface area contributed by atoms with Gasteiger partial charge in [-0.05, 0) is 12.8 Å². The average molecular weight is 457 g/mol. The van der Waals surface area contributed by atoms with Gasteiger partial charge in [-0.1, -0.05) is 96.8 Å². The average Bonchev–Trinajstić information content (AvgIpc) is 2.52. The van der Waals surface area contributed by atoms with Gasteiger partial charge in [-0.2, -0.15) is 0 Å². The first-order valence-corrected chi connectivity index (χ1v) is 13.6. The van der Waals surface area contributed by atoms with Crippen LogP contribution in [0, 0.1) is 14.1 Å². The number of quaternary nitrogens is 1. The Labute approximate surface area is 172 Å². The molecule has 5 nitrogen and oxygen atoms in total. The molecule has 0 amide bonds. The summed E-state index contributed by atoms with van der Waals surface area (Å²) in [5.41, 5.74) is 0. The molecule has 0 aliphatic rings. The van der Waals surface area contributed by atoms with Crippen molar-refractivity contribution < 1.29 is 35.4 Å². The molecule has 0 fully saturated rings. The van der Waals surface area contributed by atoms with Gasteiger partial charge in [0.2, 0.25) is 0 Å². The summed E-state index contributed by atoms with van der Waals surface area (Å²) in [5, 5.41) is 0. The van der Waals surface area contributed by atoms with E-state index >= 15 is 0 Å². The molecule has 0 aromatic rings. The molecule has 6 heteroatoms. The van der Waals surface area contributed by atoms with E-state index in [9.17, 15) is 0 Å². The fraction of sp³-hybridized carbons (Fsp3) is 1.00. The smallest absolute Gasteiger partial charge is 0.0780 e. The van der Waals surface area contributed by atoms with Crippen molar-refractivity contribution in [3.63, 3.8) is 0 Å². The molecule has 0 rings (SSSR count). The molecule has 27 heavy (non-hydrogen) atoms. The van der Waals surface area contributed by atoms with E-state index in [1.807, 2.05) is 0 Å². The van der Waals surface area contributed by atoms with Crippen molar-refractivity contribution in [2.45, 2.75) is 110 Å². The van der Waals surface area contributed by atoms with Gasteiger partial charge in [-0.25, -0.2) is 0 Å². The number of halogens is 1. The maximum absolute atomic E-state index is 8.58. The summed E-state index contributed by atoms with van der Waals surface area (Å²) in [6.45, 7) is 3.63. The number of hydrogen-bond acceptors (Lipinski definition) is 4. The molecule has 0 N–H and O–H groups in total. The lowest BCUT2D eigenvalue weighted by Gasteiger charge is -2.23. The van der Waals surface area contributed by atoms with Gasteiger partial charge in [-0.3, -0.25) is 16.8 Å². The lowest BCUT2D eigenvalue weighted by atomic mass is 10.0. The first-order chi connectivity index (χ1) is 12.6. The minimum atomic E-state index is -5.62. The highest BCUT2D eigenvalue weighted by Crippen LogP contribution is 2.13. The topological polar surface area (TPSA) is 92.2 Å². The minimum absolute atomic E-state index is 1.12. The van der Waals surface area contributed by atoms with Crippen LogP contribution in [0.2, 0.25) is 0 Å². The highest BCUT2D eigenvalue weighted by atomic mass is 80.0. The van der Waals surface area contributed by atoms with Crippen LogP contribution in [-0.4, -0.2) is 32.2 Å². The van der Waals surface area contributed by atoms with E-state index in [4.69, 9.17) is 16.8 Å². The molecule has 0 aromatic carbocycles. The van der Waals surface area contributed by atoms with Gasteiger partial charge in [0.05, 0.1) is 41.8 Å². The third kappa shape index (κ3) is 41.7. The van der Waals surface area contributed by atoms with Crippen molar-refractivity contribution in [2.24, 2.45) is 0 Å². The fourth-order valence-electron chi connectivity index (χ4n) is 3.13. The summed E-state index contributed by atoms with van der Waals surface area (Å²) in [6, 6.07) is 0. The molecule has 0 aromatic heterocycles. The fourth-order valence-corrected chi connectivity index (χ4v) is 3.13. The van der Waals surface area contributed by atoms with Crippen LogP contribution in [0.15, 0.2) is 0 Å². The van der Waals surface area contributed by atoms with Crippen molar-refractivity contribution in [1.82, 2.24) is 0 Å². The van der Waals surface area contributed by atoms with Crippen molar-refractivity contribution in [3.8, 4) is 0 Å². The van der Waals surface area contributed by atoms with Crippen LogP contribution >= 0.6 is 0 Å². The molecule has 0 radical (unpaired) electrons. The molecule has 0 unspecified atom stereocenters. The van der Waals surface area contributed by atoms with E-state index in [2.05, 4.69) is 28.1 Å². The normalized spacial score (nSPS) is 12.0. The Hall–Kier alpha value is 0.280. The van der Waals surface area contributed by atoms with Crippen LogP contribution in [0.5, 0.6) is 0 Å². The van der Waals surface area contributed by atoms with Crippen molar-refractivity contribution in [3.05, 3.63) is 0 Å². The Bertz CT molecular complexity index is 285. The van der Waals surface area contributed by atoms with E-state index in [1.54, 1.807) is 0 Å². The third-order valence-corrected chi connectivity index (χ3v) is 4.68. The van der Waals surface area contributed by atoms with Gasteiger partial charge >= 0.3 is 0 Å². The van der Waals surface area contributed by atoms with E-state index in [0.29, 0.717) is 0 Å². The van der Waals surface area contributed by atoms with E-state index < -0.39 is 14.1 Å². The highest BCUT2D eigenvalue weighted by Gasteiger charge is 2.04. The predicted octanol–water partition coefficient (Wildman–Crippen LogP) is 2.20. The summed E-state index contributed by atoms with van der Waals surface area (Å²) in [6.07, 6.45) is 23.4. The SMILES string of the molecule is CCCCCCCCCCCCCCCCCC[N+](C)(C)C.[O-][Br+3]([O-])([O-])[O-]. The Morgan fingerprint density at radius 2 is 0.704 bits per heavy atom. The molecular weight excluding hydrogens is 410 g/mol. The zero-order valence-electron chi connectivity index (χ0n) is 18.5. The summed E-state index contributed by atoms with van der Waals surface area (Å²) in [7, 11) is 6.89. The minimum Gasteiger partial charge on any atom is -0.331 e. The highest BCUT2D eigenvalue weighted by molar-refractivity contribution is 4.49. The molecule has 0 saturated heterocycles. The molecule has 0 spiro atoms. The van der Waals surface area contributed by atoms with Gasteiger partial charge in [0.25, 0.3) is 0 Å². The number of unbranched alkanes of at least 4 members (excludes halogenated alkanes) is 15. The standard InChI is InChI=1S/C21H46N.BrO4/c1-5-6-7-8-9-10-11-12-13-14-15-16-17-18-19-20-21-22(2,3)4;2-1(3,4)5/h5-21H2,1-4H3;/q+1;-1. The monoisotopic (exact) mass is 455 g/mol. The first-order valence-electron chi connectivity index (χ1n) is 11.0. The van der Waals surface area contributed by atoms with Crippen molar-refractivity contribution in [2.75, 3.05) is 27.7 Å². The first kappa shape index (κ1) is 29.5. The zero-order valence-corrected chi connectivity index (χ0v) is 20.1. The third-order valence-electron chi connectivity index (χ3n) is 4.68. The number of hydrogen-bond donors (Lipinski definition) is 0. The molecule has 0 atom stereocenters. The molecule has 0 bridgehead atoms. The molecule has 166 valence electrons. The lowest BCUT2D eigenvalue weighted by Crippen LogP contribution is -2.68.